The molecule has 2 aromatic carbocycles. The zero-order chi connectivity index (χ0) is 18.5. The molecule has 1 aromatic heterocycles. The lowest BCUT2D eigenvalue weighted by molar-refractivity contribution is 0.262. The number of hydrogen-bond donors (Lipinski definition) is 2. The SMILES string of the molecule is Cc1cccc(NC(=O)Nc2ccc(Oc3nc(Cl)cc(Cl)n3)cc2)c1. The summed E-state index contributed by atoms with van der Waals surface area (Å²) in [7, 11) is 0. The third-order valence-electron chi connectivity index (χ3n) is 3.24. The number of ether oxygens (including phenoxy) is 1. The van der Waals surface area contributed by atoms with Crippen LogP contribution in [0.5, 0.6) is 11.8 Å². The minimum atomic E-state index is -0.339. The molecule has 3 aromatic rings. The molecule has 0 atom stereocenters. The first kappa shape index (κ1) is 18.0. The minimum absolute atomic E-state index is 0.0420. The van der Waals surface area contributed by atoms with E-state index in [-0.39, 0.29) is 22.3 Å². The van der Waals surface area contributed by atoms with Gasteiger partial charge in [-0.25, -0.2) is 4.79 Å². The summed E-state index contributed by atoms with van der Waals surface area (Å²) in [6.45, 7) is 1.96. The van der Waals surface area contributed by atoms with Gasteiger partial charge in [0.15, 0.2) is 0 Å². The molecule has 0 radical (unpaired) electrons. The van der Waals surface area contributed by atoms with Gasteiger partial charge in [-0.15, -0.1) is 0 Å². The molecular weight excluding hydrogens is 375 g/mol. The van der Waals surface area contributed by atoms with Gasteiger partial charge in [0.1, 0.15) is 16.1 Å². The summed E-state index contributed by atoms with van der Waals surface area (Å²) in [4.78, 5) is 19.9. The zero-order valence-electron chi connectivity index (χ0n) is 13.7. The second kappa shape index (κ2) is 8.03. The van der Waals surface area contributed by atoms with Crippen LogP contribution in [0.1, 0.15) is 5.56 Å². The molecule has 0 aliphatic carbocycles. The molecule has 26 heavy (non-hydrogen) atoms. The Morgan fingerprint density at radius 1 is 0.923 bits per heavy atom. The fourth-order valence-electron chi connectivity index (χ4n) is 2.14. The number of aromatic nitrogens is 2. The van der Waals surface area contributed by atoms with Gasteiger partial charge in [0.2, 0.25) is 0 Å². The highest BCUT2D eigenvalue weighted by molar-refractivity contribution is 6.33. The number of urea groups is 1. The van der Waals surface area contributed by atoms with Crippen LogP contribution in [0.15, 0.2) is 54.6 Å². The Morgan fingerprint density at radius 2 is 1.58 bits per heavy atom. The molecule has 0 fully saturated rings. The summed E-state index contributed by atoms with van der Waals surface area (Å²) in [5.41, 5.74) is 2.39. The first-order valence-electron chi connectivity index (χ1n) is 7.60. The highest BCUT2D eigenvalue weighted by Gasteiger charge is 2.06. The first-order valence-corrected chi connectivity index (χ1v) is 8.36. The number of carbonyl (C=O) groups excluding carboxylic acids is 1. The molecule has 0 saturated heterocycles. The van der Waals surface area contributed by atoms with E-state index >= 15 is 0 Å². The lowest BCUT2D eigenvalue weighted by Gasteiger charge is -2.09. The first-order chi connectivity index (χ1) is 12.5. The third-order valence-corrected chi connectivity index (χ3v) is 3.63. The van der Waals surface area contributed by atoms with Crippen molar-refractivity contribution in [2.24, 2.45) is 0 Å². The van der Waals surface area contributed by atoms with Gasteiger partial charge in [-0.3, -0.25) is 0 Å². The van der Waals surface area contributed by atoms with E-state index in [9.17, 15) is 4.79 Å². The number of aryl methyl sites for hydroxylation is 1. The molecule has 0 unspecified atom stereocenters. The number of hydrogen-bond acceptors (Lipinski definition) is 4. The van der Waals surface area contributed by atoms with Crippen LogP contribution >= 0.6 is 23.2 Å². The van der Waals surface area contributed by atoms with E-state index in [1.54, 1.807) is 24.3 Å². The van der Waals surface area contributed by atoms with Crippen molar-refractivity contribution in [2.75, 3.05) is 10.6 Å². The predicted molar refractivity (Wildman–Crippen MR) is 102 cm³/mol. The molecule has 2 N–H and O–H groups in total. The maximum absolute atomic E-state index is 12.0. The van der Waals surface area contributed by atoms with Gasteiger partial charge in [-0.05, 0) is 48.9 Å². The maximum atomic E-state index is 12.0. The molecule has 0 bridgehead atoms. The molecule has 0 aliphatic heterocycles. The summed E-state index contributed by atoms with van der Waals surface area (Å²) in [5, 5.41) is 5.88. The maximum Gasteiger partial charge on any atom is 0.324 e. The number of nitrogens with zero attached hydrogens (tertiary/aromatic N) is 2. The van der Waals surface area contributed by atoms with Crippen molar-refractivity contribution in [1.82, 2.24) is 9.97 Å². The van der Waals surface area contributed by atoms with Crippen LogP contribution in [-0.2, 0) is 0 Å². The van der Waals surface area contributed by atoms with E-state index in [2.05, 4.69) is 20.6 Å². The largest absolute Gasteiger partial charge is 0.424 e. The number of carbonyl (C=O) groups is 1. The summed E-state index contributed by atoms with van der Waals surface area (Å²) in [5.74, 6) is 0.480. The van der Waals surface area contributed by atoms with E-state index in [0.29, 0.717) is 11.4 Å². The van der Waals surface area contributed by atoms with Crippen molar-refractivity contribution >= 4 is 40.6 Å². The number of amides is 2. The van der Waals surface area contributed by atoms with Gasteiger partial charge in [0.25, 0.3) is 0 Å². The zero-order valence-corrected chi connectivity index (χ0v) is 15.2. The Morgan fingerprint density at radius 3 is 2.23 bits per heavy atom. The van der Waals surface area contributed by atoms with Crippen molar-refractivity contribution in [3.8, 4) is 11.8 Å². The summed E-state index contributed by atoms with van der Waals surface area (Å²) >= 11 is 11.6. The van der Waals surface area contributed by atoms with Gasteiger partial charge in [0, 0.05) is 17.4 Å². The van der Waals surface area contributed by atoms with Crippen LogP contribution in [0.2, 0.25) is 10.3 Å². The van der Waals surface area contributed by atoms with E-state index in [4.69, 9.17) is 27.9 Å². The molecule has 6 nitrogen and oxygen atoms in total. The molecular formula is C18H14Cl2N4O2. The summed E-state index contributed by atoms with van der Waals surface area (Å²) in [6.07, 6.45) is 0. The van der Waals surface area contributed by atoms with Crippen molar-refractivity contribution in [3.05, 3.63) is 70.5 Å². The van der Waals surface area contributed by atoms with Crippen molar-refractivity contribution in [1.29, 1.82) is 0 Å². The minimum Gasteiger partial charge on any atom is -0.424 e. The number of nitrogens with one attached hydrogen (secondary N) is 2. The molecule has 1 heterocycles. The Labute approximate surface area is 160 Å². The monoisotopic (exact) mass is 388 g/mol. The quantitative estimate of drug-likeness (QED) is 0.576. The van der Waals surface area contributed by atoms with Crippen molar-refractivity contribution in [3.63, 3.8) is 0 Å². The van der Waals surface area contributed by atoms with Crippen molar-refractivity contribution in [2.45, 2.75) is 6.92 Å². The number of rotatable bonds is 4. The molecule has 8 heteroatoms. The van der Waals surface area contributed by atoms with E-state index < -0.39 is 0 Å². The van der Waals surface area contributed by atoms with Gasteiger partial charge in [-0.1, -0.05) is 35.3 Å². The highest BCUT2D eigenvalue weighted by Crippen LogP contribution is 2.23. The smallest absolute Gasteiger partial charge is 0.324 e. The Hall–Kier alpha value is -2.83. The van der Waals surface area contributed by atoms with Crippen molar-refractivity contribution < 1.29 is 9.53 Å². The van der Waals surface area contributed by atoms with Crippen LogP contribution in [0.25, 0.3) is 0 Å². The second-order valence-corrected chi connectivity index (χ2v) is 6.15. The van der Waals surface area contributed by atoms with Crippen LogP contribution in [0.4, 0.5) is 16.2 Å². The molecule has 0 aliphatic rings. The average molecular weight is 389 g/mol. The average Bonchev–Trinajstić information content (AvgIpc) is 2.55. The van der Waals surface area contributed by atoms with Gasteiger partial charge in [0.05, 0.1) is 0 Å². The van der Waals surface area contributed by atoms with E-state index in [1.807, 2.05) is 31.2 Å². The van der Waals surface area contributed by atoms with Gasteiger partial charge in [-0.2, -0.15) is 9.97 Å². The van der Waals surface area contributed by atoms with E-state index in [0.717, 1.165) is 11.3 Å². The lowest BCUT2D eigenvalue weighted by atomic mass is 10.2. The fraction of sp³-hybridized carbons (Fsp3) is 0.0556. The fourth-order valence-corrected chi connectivity index (χ4v) is 2.55. The van der Waals surface area contributed by atoms with E-state index in [1.165, 1.54) is 6.07 Å². The normalized spacial score (nSPS) is 10.3. The highest BCUT2D eigenvalue weighted by atomic mass is 35.5. The number of benzene rings is 2. The Bertz CT molecular complexity index is 912. The molecule has 2 amide bonds. The topological polar surface area (TPSA) is 76.1 Å². The third kappa shape index (κ3) is 5.08. The molecule has 3 rings (SSSR count). The summed E-state index contributed by atoms with van der Waals surface area (Å²) in [6, 6.07) is 15.4. The summed E-state index contributed by atoms with van der Waals surface area (Å²) < 4.78 is 5.49. The Balaban J connectivity index is 1.61. The Kier molecular flexibility index (Phi) is 5.55. The second-order valence-electron chi connectivity index (χ2n) is 5.37. The number of halogens is 2. The van der Waals surface area contributed by atoms with Crippen LogP contribution in [0.3, 0.4) is 0 Å². The van der Waals surface area contributed by atoms with Crippen LogP contribution in [0, 0.1) is 6.92 Å². The van der Waals surface area contributed by atoms with Crippen LogP contribution in [-0.4, -0.2) is 16.0 Å². The van der Waals surface area contributed by atoms with Gasteiger partial charge < -0.3 is 15.4 Å². The number of anilines is 2. The predicted octanol–water partition coefficient (Wildman–Crippen LogP) is 5.53. The molecule has 0 spiro atoms. The molecule has 132 valence electrons. The van der Waals surface area contributed by atoms with Crippen LogP contribution < -0.4 is 15.4 Å². The standard InChI is InChI=1S/C18H14Cl2N4O2/c1-11-3-2-4-13(9-11)22-17(25)21-12-5-7-14(8-6-12)26-18-23-15(19)10-16(20)24-18/h2-10H,1H3,(H2,21,22,25). The lowest BCUT2D eigenvalue weighted by Crippen LogP contribution is -2.19. The van der Waals surface area contributed by atoms with Gasteiger partial charge >= 0.3 is 12.0 Å². The molecule has 0 saturated carbocycles.